The maximum Gasteiger partial charge on any atom is 0.289 e. The van der Waals surface area contributed by atoms with E-state index >= 15 is 0 Å². The van der Waals surface area contributed by atoms with Gasteiger partial charge < -0.3 is 9.80 Å². The molecular formula is C13H25N4O2S+. The second-order valence-electron chi connectivity index (χ2n) is 5.87. The molecule has 2 heterocycles. The normalized spacial score (nSPS) is 33.1. The van der Waals surface area contributed by atoms with Crippen molar-refractivity contribution in [3.05, 3.63) is 0 Å². The molecule has 0 aromatic rings. The minimum atomic E-state index is -0.134. The maximum atomic E-state index is 12.0. The highest BCUT2D eigenvalue weighted by molar-refractivity contribution is 8.01. The number of fused-ring (bicyclic) bond motifs is 1. The van der Waals surface area contributed by atoms with Gasteiger partial charge in [-0.3, -0.25) is 15.0 Å². The lowest BCUT2D eigenvalue weighted by molar-refractivity contribution is -0.950. The molecular weight excluding hydrogens is 276 g/mol. The number of hydrogen-bond acceptors (Lipinski definition) is 4. The lowest BCUT2D eigenvalue weighted by Crippen LogP contribution is -3.24. The van der Waals surface area contributed by atoms with Crippen molar-refractivity contribution in [3.8, 4) is 0 Å². The smallest absolute Gasteiger partial charge is 0.289 e. The Hall–Kier alpha value is -0.790. The summed E-state index contributed by atoms with van der Waals surface area (Å²) in [5, 5.41) is 0.191. The van der Waals surface area contributed by atoms with Crippen LogP contribution < -0.4 is 16.2 Å². The van der Waals surface area contributed by atoms with Gasteiger partial charge in [0, 0.05) is 6.42 Å². The maximum absolute atomic E-state index is 12.0. The highest BCUT2D eigenvalue weighted by Gasteiger charge is 2.54. The average molecular weight is 301 g/mol. The summed E-state index contributed by atoms with van der Waals surface area (Å²) in [7, 11) is 0. The molecule has 0 aromatic carbocycles. The summed E-state index contributed by atoms with van der Waals surface area (Å²) in [4.78, 5) is 26.9. The molecule has 6 nitrogen and oxygen atoms in total. The number of nitrogens with zero attached hydrogens (tertiary/aromatic N) is 1. The summed E-state index contributed by atoms with van der Waals surface area (Å²) in [6.07, 6.45) is 3.26. The molecule has 0 radical (unpaired) electrons. The molecule has 1 unspecified atom stereocenters. The molecule has 3 atom stereocenters. The van der Waals surface area contributed by atoms with Gasteiger partial charge in [0.1, 0.15) is 10.9 Å². The summed E-state index contributed by atoms with van der Waals surface area (Å²) < 4.78 is 0. The number of rotatable bonds is 5. The first-order valence-electron chi connectivity index (χ1n) is 7.28. The quantitative estimate of drug-likeness (QED) is 0.336. The first-order chi connectivity index (χ1) is 9.52. The Balaban J connectivity index is 2.18. The van der Waals surface area contributed by atoms with Crippen LogP contribution in [0.15, 0.2) is 0 Å². The van der Waals surface area contributed by atoms with Crippen LogP contribution in [0.3, 0.4) is 0 Å². The van der Waals surface area contributed by atoms with Crippen LogP contribution in [-0.2, 0) is 9.59 Å². The van der Waals surface area contributed by atoms with E-state index in [1.807, 2.05) is 4.90 Å². The van der Waals surface area contributed by atoms with E-state index in [9.17, 15) is 9.59 Å². The number of quaternary nitrogens is 1. The van der Waals surface area contributed by atoms with Gasteiger partial charge in [0.05, 0.1) is 18.8 Å². The zero-order valence-electron chi connectivity index (χ0n) is 12.3. The number of carbonyl (C=O) groups is 2. The third-order valence-electron chi connectivity index (χ3n) is 4.56. The molecule has 2 saturated heterocycles. The number of amides is 2. The molecule has 2 fully saturated rings. The van der Waals surface area contributed by atoms with E-state index in [0.717, 1.165) is 32.4 Å². The third-order valence-corrected chi connectivity index (χ3v) is 6.06. The topological polar surface area (TPSA) is 79.9 Å². The molecule has 0 aromatic heterocycles. The summed E-state index contributed by atoms with van der Waals surface area (Å²) in [6.45, 7) is 6.32. The standard InChI is InChI=1S/C13H24N4O2S/c1-3-4-5-13(2)12-17(11(19)9-20-12)7-6-16(13)8-10(18)15-14/h12H,3-9,14H2,1-2H3,(H,15,18)/p+1/t12-,13-/m0/s1. The molecule has 2 aliphatic rings. The molecule has 2 amide bonds. The van der Waals surface area contributed by atoms with Crippen molar-refractivity contribution >= 4 is 23.6 Å². The second-order valence-corrected chi connectivity index (χ2v) is 6.94. The lowest BCUT2D eigenvalue weighted by atomic mass is 9.89. The molecule has 0 bridgehead atoms. The summed E-state index contributed by atoms with van der Waals surface area (Å²) >= 11 is 1.72. The number of hydrogen-bond donors (Lipinski definition) is 3. The van der Waals surface area contributed by atoms with Crippen molar-refractivity contribution in [2.75, 3.05) is 25.4 Å². The molecule has 0 saturated carbocycles. The van der Waals surface area contributed by atoms with E-state index < -0.39 is 0 Å². The molecule has 0 aliphatic carbocycles. The van der Waals surface area contributed by atoms with E-state index in [1.165, 1.54) is 4.90 Å². The fourth-order valence-corrected chi connectivity index (χ4v) is 4.84. The summed E-state index contributed by atoms with van der Waals surface area (Å²) in [6, 6.07) is 0. The van der Waals surface area contributed by atoms with Crippen molar-refractivity contribution < 1.29 is 14.5 Å². The van der Waals surface area contributed by atoms with Gasteiger partial charge in [-0.25, -0.2) is 5.84 Å². The second kappa shape index (κ2) is 6.32. The van der Waals surface area contributed by atoms with Crippen LogP contribution in [0, 0.1) is 0 Å². The van der Waals surface area contributed by atoms with Gasteiger partial charge in [0.2, 0.25) is 5.91 Å². The van der Waals surface area contributed by atoms with E-state index in [2.05, 4.69) is 19.3 Å². The molecule has 4 N–H and O–H groups in total. The lowest BCUT2D eigenvalue weighted by Gasteiger charge is -2.48. The largest absolute Gasteiger partial charge is 0.319 e. The fraction of sp³-hybridized carbons (Fsp3) is 0.846. The predicted molar refractivity (Wildman–Crippen MR) is 78.9 cm³/mol. The van der Waals surface area contributed by atoms with Crippen LogP contribution in [0.1, 0.15) is 33.1 Å². The van der Waals surface area contributed by atoms with Crippen LogP contribution in [0.25, 0.3) is 0 Å². The minimum absolute atomic E-state index is 0.0718. The zero-order valence-corrected chi connectivity index (χ0v) is 13.1. The Kier molecular flexibility index (Phi) is 4.93. The van der Waals surface area contributed by atoms with E-state index in [-0.39, 0.29) is 22.7 Å². The van der Waals surface area contributed by atoms with Crippen LogP contribution >= 0.6 is 11.8 Å². The number of piperazine rings is 1. The predicted octanol–water partition coefficient (Wildman–Crippen LogP) is -1.27. The summed E-state index contributed by atoms with van der Waals surface area (Å²) in [5.74, 6) is 5.90. The van der Waals surface area contributed by atoms with Crippen molar-refractivity contribution in [2.24, 2.45) is 5.84 Å². The van der Waals surface area contributed by atoms with Crippen molar-refractivity contribution in [2.45, 2.75) is 44.0 Å². The van der Waals surface area contributed by atoms with E-state index in [0.29, 0.717) is 12.3 Å². The number of nitrogens with two attached hydrogens (primary N) is 1. The first-order valence-corrected chi connectivity index (χ1v) is 8.33. The Bertz CT molecular complexity index is 393. The molecule has 2 rings (SSSR count). The first kappa shape index (κ1) is 15.6. The van der Waals surface area contributed by atoms with Crippen LogP contribution in [0.5, 0.6) is 0 Å². The van der Waals surface area contributed by atoms with Gasteiger partial charge in [0.25, 0.3) is 5.91 Å². The average Bonchev–Trinajstić information content (AvgIpc) is 2.82. The van der Waals surface area contributed by atoms with Gasteiger partial charge in [-0.2, -0.15) is 0 Å². The summed E-state index contributed by atoms with van der Waals surface area (Å²) in [5.41, 5.74) is 2.16. The molecule has 2 aliphatic heterocycles. The van der Waals surface area contributed by atoms with Gasteiger partial charge in [-0.1, -0.05) is 13.3 Å². The van der Waals surface area contributed by atoms with Gasteiger partial charge in [0.15, 0.2) is 6.54 Å². The molecule has 0 spiro atoms. The van der Waals surface area contributed by atoms with Crippen LogP contribution in [0.4, 0.5) is 0 Å². The van der Waals surface area contributed by atoms with Crippen molar-refractivity contribution in [1.29, 1.82) is 0 Å². The number of nitrogens with one attached hydrogen (secondary N) is 2. The monoisotopic (exact) mass is 301 g/mol. The Morgan fingerprint density at radius 2 is 2.40 bits per heavy atom. The van der Waals surface area contributed by atoms with Gasteiger partial charge in [-0.15, -0.1) is 11.8 Å². The van der Waals surface area contributed by atoms with Gasteiger partial charge >= 0.3 is 0 Å². The third kappa shape index (κ3) is 2.80. The van der Waals surface area contributed by atoms with Crippen molar-refractivity contribution in [3.63, 3.8) is 0 Å². The Labute approximate surface area is 124 Å². The Morgan fingerprint density at radius 3 is 3.05 bits per heavy atom. The van der Waals surface area contributed by atoms with E-state index in [1.54, 1.807) is 11.8 Å². The number of unbranched alkanes of at least 4 members (excludes halogenated alkanes) is 1. The van der Waals surface area contributed by atoms with Crippen molar-refractivity contribution in [1.82, 2.24) is 10.3 Å². The highest BCUT2D eigenvalue weighted by Crippen LogP contribution is 2.35. The van der Waals surface area contributed by atoms with E-state index in [4.69, 9.17) is 5.84 Å². The highest BCUT2D eigenvalue weighted by atomic mass is 32.2. The molecule has 114 valence electrons. The number of thioether (sulfide) groups is 1. The minimum Gasteiger partial charge on any atom is -0.319 e. The fourth-order valence-electron chi connectivity index (χ4n) is 3.32. The number of carbonyl (C=O) groups excluding carboxylic acids is 2. The number of hydrazine groups is 1. The Morgan fingerprint density at radius 1 is 1.65 bits per heavy atom. The molecule has 20 heavy (non-hydrogen) atoms. The van der Waals surface area contributed by atoms with Crippen LogP contribution in [-0.4, -0.2) is 53.0 Å². The molecule has 7 heteroatoms. The van der Waals surface area contributed by atoms with Gasteiger partial charge in [-0.05, 0) is 13.3 Å². The zero-order chi connectivity index (χ0) is 14.8. The van der Waals surface area contributed by atoms with Crippen LogP contribution in [0.2, 0.25) is 0 Å². The SMILES string of the molecule is CCCC[C@@]1(C)[C@@H]2SCC(=O)N2CC[NH+]1CC(=O)NN.